The van der Waals surface area contributed by atoms with Gasteiger partial charge in [0.15, 0.2) is 0 Å². The number of aromatic nitrogens is 1. The number of likely N-dealkylation sites (tertiary alicyclic amines) is 1. The topological polar surface area (TPSA) is 91.4 Å². The number of amides is 3. The Labute approximate surface area is 168 Å². The predicted octanol–water partition coefficient (Wildman–Crippen LogP) is 2.47. The molecule has 0 spiro atoms. The van der Waals surface area contributed by atoms with Gasteiger partial charge in [0.1, 0.15) is 0 Å². The van der Waals surface area contributed by atoms with Crippen LogP contribution in [0.15, 0.2) is 42.7 Å². The van der Waals surface area contributed by atoms with Crippen LogP contribution in [-0.4, -0.2) is 40.7 Å². The van der Waals surface area contributed by atoms with E-state index in [1.807, 2.05) is 19.1 Å². The molecule has 1 aromatic carbocycles. The number of benzene rings is 1. The molecule has 1 aliphatic heterocycles. The molecular weight excluding hydrogens is 380 g/mol. The fraction of sp³-hybridized carbons (Fsp3) is 0.300. The van der Waals surface area contributed by atoms with Gasteiger partial charge in [0.25, 0.3) is 5.91 Å². The van der Waals surface area contributed by atoms with Crippen molar-refractivity contribution in [2.75, 3.05) is 18.4 Å². The number of nitrogens with one attached hydrogen (secondary N) is 2. The summed E-state index contributed by atoms with van der Waals surface area (Å²) in [5, 5.41) is 5.72. The molecule has 0 aliphatic carbocycles. The van der Waals surface area contributed by atoms with Gasteiger partial charge in [0.05, 0.1) is 16.5 Å². The van der Waals surface area contributed by atoms with Crippen LogP contribution in [0, 0.1) is 5.92 Å². The third-order valence-corrected chi connectivity index (χ3v) is 4.84. The molecule has 1 aliphatic rings. The van der Waals surface area contributed by atoms with Crippen LogP contribution in [0.3, 0.4) is 0 Å². The average Bonchev–Trinajstić information content (AvgIpc) is 3.03. The van der Waals surface area contributed by atoms with Crippen molar-refractivity contribution < 1.29 is 14.4 Å². The fourth-order valence-electron chi connectivity index (χ4n) is 3.09. The minimum Gasteiger partial charge on any atom is -0.352 e. The summed E-state index contributed by atoms with van der Waals surface area (Å²) < 4.78 is 0. The van der Waals surface area contributed by atoms with E-state index in [4.69, 9.17) is 11.6 Å². The third kappa shape index (κ3) is 4.67. The molecule has 28 heavy (non-hydrogen) atoms. The Balaban J connectivity index is 1.61. The summed E-state index contributed by atoms with van der Waals surface area (Å²) in [7, 11) is 0. The maximum Gasteiger partial charge on any atom is 0.252 e. The number of anilines is 1. The molecule has 146 valence electrons. The number of pyridine rings is 1. The van der Waals surface area contributed by atoms with Crippen LogP contribution in [0.25, 0.3) is 0 Å². The van der Waals surface area contributed by atoms with Crippen molar-refractivity contribution in [3.05, 3.63) is 58.9 Å². The van der Waals surface area contributed by atoms with Crippen molar-refractivity contribution in [3.63, 3.8) is 0 Å². The molecule has 1 saturated heterocycles. The van der Waals surface area contributed by atoms with Gasteiger partial charge < -0.3 is 15.5 Å². The Morgan fingerprint density at radius 2 is 2.00 bits per heavy atom. The molecule has 7 nitrogen and oxygen atoms in total. The summed E-state index contributed by atoms with van der Waals surface area (Å²) in [4.78, 5) is 42.3. The largest absolute Gasteiger partial charge is 0.352 e. The van der Waals surface area contributed by atoms with Crippen molar-refractivity contribution in [2.45, 2.75) is 19.9 Å². The number of carbonyl (C=O) groups is 3. The highest BCUT2D eigenvalue weighted by Crippen LogP contribution is 2.24. The zero-order chi connectivity index (χ0) is 20.1. The maximum atomic E-state index is 12.6. The summed E-state index contributed by atoms with van der Waals surface area (Å²) in [6, 6.07) is 8.42. The first kappa shape index (κ1) is 19.8. The van der Waals surface area contributed by atoms with Crippen LogP contribution in [-0.2, 0) is 16.1 Å². The van der Waals surface area contributed by atoms with Gasteiger partial charge in [0.2, 0.25) is 11.8 Å². The van der Waals surface area contributed by atoms with Gasteiger partial charge in [-0.25, -0.2) is 0 Å². The fourth-order valence-corrected chi connectivity index (χ4v) is 3.35. The normalized spacial score (nSPS) is 16.1. The highest BCUT2D eigenvalue weighted by Gasteiger charge is 2.34. The monoisotopic (exact) mass is 400 g/mol. The van der Waals surface area contributed by atoms with E-state index < -0.39 is 5.92 Å². The standard InChI is InChI=1S/C20H21ClN4O3/c1-2-23-20(28)16-4-3-15(10-17(16)21)24-19(27)14-9-18(26)25(12-14)11-13-5-7-22-8-6-13/h3-8,10,14H,2,9,11-12H2,1H3,(H,23,28)(H,24,27). The van der Waals surface area contributed by atoms with Gasteiger partial charge in [-0.1, -0.05) is 11.6 Å². The molecule has 1 unspecified atom stereocenters. The maximum absolute atomic E-state index is 12.6. The van der Waals surface area contributed by atoms with Crippen LogP contribution in [0.4, 0.5) is 5.69 Å². The smallest absolute Gasteiger partial charge is 0.252 e. The Hall–Kier alpha value is -2.93. The van der Waals surface area contributed by atoms with Crippen molar-refractivity contribution in [3.8, 4) is 0 Å². The summed E-state index contributed by atoms with van der Waals surface area (Å²) in [6.07, 6.45) is 3.52. The molecule has 0 radical (unpaired) electrons. The second-order valence-corrected chi connectivity index (χ2v) is 6.98. The predicted molar refractivity (Wildman–Crippen MR) is 106 cm³/mol. The lowest BCUT2D eigenvalue weighted by atomic mass is 10.1. The summed E-state index contributed by atoms with van der Waals surface area (Å²) in [5.41, 5.74) is 1.81. The van der Waals surface area contributed by atoms with Crippen molar-refractivity contribution in [2.24, 2.45) is 5.92 Å². The molecule has 1 atom stereocenters. The summed E-state index contributed by atoms with van der Waals surface area (Å²) in [6.45, 7) is 3.14. The molecule has 8 heteroatoms. The van der Waals surface area contributed by atoms with E-state index in [-0.39, 0.29) is 29.2 Å². The van der Waals surface area contributed by atoms with Crippen LogP contribution in [0.1, 0.15) is 29.3 Å². The van der Waals surface area contributed by atoms with Crippen LogP contribution in [0.5, 0.6) is 0 Å². The first-order valence-corrected chi connectivity index (χ1v) is 9.41. The Kier molecular flexibility index (Phi) is 6.26. The van der Waals surface area contributed by atoms with Gasteiger partial charge in [-0.15, -0.1) is 0 Å². The molecule has 2 N–H and O–H groups in total. The van der Waals surface area contributed by atoms with E-state index in [0.717, 1.165) is 5.56 Å². The van der Waals surface area contributed by atoms with Gasteiger partial charge in [-0.3, -0.25) is 19.4 Å². The first-order chi connectivity index (χ1) is 13.5. The minimum absolute atomic E-state index is 0.0541. The highest BCUT2D eigenvalue weighted by atomic mass is 35.5. The Morgan fingerprint density at radius 1 is 1.25 bits per heavy atom. The average molecular weight is 401 g/mol. The number of rotatable bonds is 6. The van der Waals surface area contributed by atoms with Crippen LogP contribution in [0.2, 0.25) is 5.02 Å². The Morgan fingerprint density at radius 3 is 2.68 bits per heavy atom. The van der Waals surface area contributed by atoms with Crippen molar-refractivity contribution in [1.82, 2.24) is 15.2 Å². The molecule has 3 rings (SSSR count). The number of halogens is 1. The minimum atomic E-state index is -0.434. The van der Waals surface area contributed by atoms with E-state index in [1.54, 1.807) is 29.4 Å². The molecule has 2 heterocycles. The van der Waals surface area contributed by atoms with Gasteiger partial charge in [-0.2, -0.15) is 0 Å². The summed E-state index contributed by atoms with van der Waals surface area (Å²) >= 11 is 6.16. The van der Waals surface area contributed by atoms with E-state index >= 15 is 0 Å². The zero-order valence-corrected chi connectivity index (χ0v) is 16.2. The molecule has 1 fully saturated rings. The SMILES string of the molecule is CCNC(=O)c1ccc(NC(=O)C2CC(=O)N(Cc3ccncc3)C2)cc1Cl. The van der Waals surface area contributed by atoms with Crippen LogP contribution < -0.4 is 10.6 Å². The molecule has 1 aromatic heterocycles. The van der Waals surface area contributed by atoms with Gasteiger partial charge in [-0.05, 0) is 42.8 Å². The molecule has 2 aromatic rings. The summed E-state index contributed by atoms with van der Waals surface area (Å²) in [5.74, 6) is -0.997. The quantitative estimate of drug-likeness (QED) is 0.779. The van der Waals surface area contributed by atoms with E-state index in [2.05, 4.69) is 15.6 Å². The van der Waals surface area contributed by atoms with Crippen molar-refractivity contribution >= 4 is 35.0 Å². The lowest BCUT2D eigenvalue weighted by molar-refractivity contribution is -0.128. The van der Waals surface area contributed by atoms with Gasteiger partial charge in [0, 0.05) is 44.1 Å². The lowest BCUT2D eigenvalue weighted by Crippen LogP contribution is -2.28. The van der Waals surface area contributed by atoms with E-state index in [9.17, 15) is 14.4 Å². The Bertz CT molecular complexity index is 888. The number of nitrogens with zero attached hydrogens (tertiary/aromatic N) is 2. The number of hydrogen-bond donors (Lipinski definition) is 2. The van der Waals surface area contributed by atoms with E-state index in [0.29, 0.717) is 30.9 Å². The van der Waals surface area contributed by atoms with Gasteiger partial charge >= 0.3 is 0 Å². The second-order valence-electron chi connectivity index (χ2n) is 6.57. The van der Waals surface area contributed by atoms with E-state index in [1.165, 1.54) is 6.07 Å². The van der Waals surface area contributed by atoms with Crippen LogP contribution >= 0.6 is 11.6 Å². The molecule has 0 bridgehead atoms. The first-order valence-electron chi connectivity index (χ1n) is 9.03. The number of hydrogen-bond acceptors (Lipinski definition) is 4. The molecule has 0 saturated carbocycles. The third-order valence-electron chi connectivity index (χ3n) is 4.53. The molecule has 3 amide bonds. The molecular formula is C20H21ClN4O3. The second kappa shape index (κ2) is 8.84. The number of carbonyl (C=O) groups excluding carboxylic acids is 3. The van der Waals surface area contributed by atoms with Crippen molar-refractivity contribution in [1.29, 1.82) is 0 Å². The highest BCUT2D eigenvalue weighted by molar-refractivity contribution is 6.34. The zero-order valence-electron chi connectivity index (χ0n) is 15.4. The lowest BCUT2D eigenvalue weighted by Gasteiger charge is -2.16.